The lowest BCUT2D eigenvalue weighted by atomic mass is 10.2. The molecule has 1 aliphatic rings. The molecule has 5 aromatic rings. The number of hydrogen-bond donors (Lipinski definition) is 3. The average Bonchev–Trinajstić information content (AvgIpc) is 3.64. The molecule has 5 heterocycles. The molecule has 0 saturated carbocycles. The molecule has 0 atom stereocenters. The van der Waals surface area contributed by atoms with E-state index in [-0.39, 0.29) is 22.7 Å². The lowest BCUT2D eigenvalue weighted by molar-refractivity contribution is 0.311. The van der Waals surface area contributed by atoms with Gasteiger partial charge in [-0.15, -0.1) is 0 Å². The third-order valence-corrected chi connectivity index (χ3v) is 6.24. The number of anilines is 3. The van der Waals surface area contributed by atoms with Gasteiger partial charge in [0, 0.05) is 55.5 Å². The highest BCUT2D eigenvalue weighted by Gasteiger charge is 2.21. The molecule has 0 radical (unpaired) electrons. The minimum Gasteiger partial charge on any atom is -0.463 e. The van der Waals surface area contributed by atoms with E-state index in [1.165, 1.54) is 6.07 Å². The lowest BCUT2D eigenvalue weighted by Crippen LogP contribution is -2.44. The fourth-order valence-corrected chi connectivity index (χ4v) is 4.30. The van der Waals surface area contributed by atoms with Crippen LogP contribution in [0.3, 0.4) is 0 Å². The molecule has 0 aliphatic carbocycles. The third-order valence-electron chi connectivity index (χ3n) is 6.24. The van der Waals surface area contributed by atoms with E-state index in [4.69, 9.17) is 9.15 Å². The van der Waals surface area contributed by atoms with Crippen molar-refractivity contribution in [2.45, 2.75) is 6.92 Å². The van der Waals surface area contributed by atoms with Crippen LogP contribution in [0.4, 0.5) is 26.2 Å². The summed E-state index contributed by atoms with van der Waals surface area (Å²) in [4.78, 5) is 16.1. The van der Waals surface area contributed by atoms with Crippen molar-refractivity contribution in [3.63, 3.8) is 0 Å². The first-order valence-corrected chi connectivity index (χ1v) is 11.8. The quantitative estimate of drug-likeness (QED) is 0.301. The van der Waals surface area contributed by atoms with Crippen LogP contribution in [0.2, 0.25) is 0 Å². The molecule has 1 saturated heterocycles. The number of likely N-dealkylation sites (N-methyl/N-ethyl adjacent to an activating group) is 1. The molecular weight excluding hydrogens is 482 g/mol. The molecule has 4 aromatic heterocycles. The minimum atomic E-state index is -0.695. The summed E-state index contributed by atoms with van der Waals surface area (Å²) in [7, 11) is 2.06. The molecule has 1 aliphatic heterocycles. The maximum Gasteiger partial charge on any atom is 0.326 e. The highest BCUT2D eigenvalue weighted by Crippen LogP contribution is 2.33. The number of aryl methyl sites for hydroxylation is 1. The van der Waals surface area contributed by atoms with E-state index in [1.807, 2.05) is 6.07 Å². The van der Waals surface area contributed by atoms with E-state index in [2.05, 4.69) is 47.3 Å². The monoisotopic (exact) mass is 506 g/mol. The number of H-pyrrole nitrogens is 2. The van der Waals surface area contributed by atoms with Gasteiger partial charge in [0.15, 0.2) is 29.0 Å². The van der Waals surface area contributed by atoms with Crippen molar-refractivity contribution < 1.29 is 17.9 Å². The second kappa shape index (κ2) is 9.21. The van der Waals surface area contributed by atoms with Gasteiger partial charge >= 0.3 is 6.01 Å². The van der Waals surface area contributed by atoms with Crippen LogP contribution in [0.5, 0.6) is 11.8 Å². The molecule has 0 bridgehead atoms. The number of hydrogen-bond acceptors (Lipinski definition) is 8. The van der Waals surface area contributed by atoms with E-state index in [0.29, 0.717) is 34.6 Å². The fourth-order valence-electron chi connectivity index (χ4n) is 4.30. The van der Waals surface area contributed by atoms with Crippen molar-refractivity contribution in [3.8, 4) is 23.2 Å². The van der Waals surface area contributed by atoms with Crippen molar-refractivity contribution in [1.29, 1.82) is 0 Å². The van der Waals surface area contributed by atoms with Gasteiger partial charge in [-0.3, -0.25) is 5.10 Å². The molecule has 190 valence electrons. The Labute approximate surface area is 210 Å². The van der Waals surface area contributed by atoms with E-state index >= 15 is 4.39 Å². The average molecular weight is 507 g/mol. The predicted molar refractivity (Wildman–Crippen MR) is 134 cm³/mol. The molecule has 10 nitrogen and oxygen atoms in total. The van der Waals surface area contributed by atoms with Crippen molar-refractivity contribution in [2.24, 2.45) is 0 Å². The smallest absolute Gasteiger partial charge is 0.326 e. The number of aromatic amines is 2. The molecule has 0 unspecified atom stereocenters. The second-order valence-corrected chi connectivity index (χ2v) is 8.97. The Morgan fingerprint density at radius 2 is 1.89 bits per heavy atom. The Hall–Kier alpha value is -4.45. The first-order chi connectivity index (χ1) is 17.9. The summed E-state index contributed by atoms with van der Waals surface area (Å²) in [6, 6.07) is 9.55. The number of aromatic nitrogens is 5. The Bertz CT molecular complexity index is 1550. The first-order valence-electron chi connectivity index (χ1n) is 11.8. The molecule has 0 spiro atoms. The highest BCUT2D eigenvalue weighted by molar-refractivity contribution is 5.83. The van der Waals surface area contributed by atoms with Gasteiger partial charge in [0.25, 0.3) is 0 Å². The second-order valence-electron chi connectivity index (χ2n) is 8.97. The number of nitrogens with zero attached hydrogens (tertiary/aromatic N) is 5. The van der Waals surface area contributed by atoms with Gasteiger partial charge in [-0.05, 0) is 32.2 Å². The van der Waals surface area contributed by atoms with Gasteiger partial charge in [-0.2, -0.15) is 15.1 Å². The molecule has 1 fully saturated rings. The Kier molecular flexibility index (Phi) is 5.72. The molecule has 1 aromatic carbocycles. The zero-order valence-electron chi connectivity index (χ0n) is 20.2. The van der Waals surface area contributed by atoms with Gasteiger partial charge in [0.05, 0.1) is 11.8 Å². The van der Waals surface area contributed by atoms with Crippen molar-refractivity contribution in [2.75, 3.05) is 43.4 Å². The van der Waals surface area contributed by atoms with Gasteiger partial charge in [0.1, 0.15) is 17.3 Å². The Balaban J connectivity index is 1.34. The molecular formula is C25H24F2N8O2. The normalized spacial score (nSPS) is 14.4. The largest absolute Gasteiger partial charge is 0.463 e. The number of fused-ring (bicyclic) bond motifs is 1. The zero-order valence-corrected chi connectivity index (χ0v) is 20.2. The number of furan rings is 1. The number of ether oxygens (including phenoxy) is 1. The van der Waals surface area contributed by atoms with Crippen LogP contribution in [-0.2, 0) is 0 Å². The summed E-state index contributed by atoms with van der Waals surface area (Å²) < 4.78 is 41.0. The number of piperazine rings is 1. The van der Waals surface area contributed by atoms with Crippen LogP contribution in [0.1, 0.15) is 5.69 Å². The van der Waals surface area contributed by atoms with Crippen molar-refractivity contribution in [3.05, 3.63) is 60.0 Å². The van der Waals surface area contributed by atoms with E-state index in [9.17, 15) is 4.39 Å². The fraction of sp³-hybridized carbons (Fsp3) is 0.240. The van der Waals surface area contributed by atoms with E-state index in [0.717, 1.165) is 32.2 Å². The van der Waals surface area contributed by atoms with Gasteiger partial charge in [-0.1, -0.05) is 0 Å². The molecule has 37 heavy (non-hydrogen) atoms. The van der Waals surface area contributed by atoms with Crippen LogP contribution in [0, 0.1) is 18.6 Å². The van der Waals surface area contributed by atoms with E-state index in [1.54, 1.807) is 31.4 Å². The summed E-state index contributed by atoms with van der Waals surface area (Å²) in [6.45, 7) is 4.94. The Morgan fingerprint density at radius 1 is 1.05 bits per heavy atom. The zero-order chi connectivity index (χ0) is 25.5. The first kappa shape index (κ1) is 23.0. The number of benzene rings is 1. The summed E-state index contributed by atoms with van der Waals surface area (Å²) in [5.41, 5.74) is 1.41. The Morgan fingerprint density at radius 3 is 2.68 bits per heavy atom. The lowest BCUT2D eigenvalue weighted by Gasteiger charge is -2.33. The van der Waals surface area contributed by atoms with Crippen LogP contribution < -0.4 is 15.0 Å². The summed E-state index contributed by atoms with van der Waals surface area (Å²) >= 11 is 0. The number of nitrogens with one attached hydrogen (secondary N) is 3. The number of rotatable bonds is 6. The molecule has 6 rings (SSSR count). The van der Waals surface area contributed by atoms with Crippen LogP contribution in [-0.4, -0.2) is 63.3 Å². The predicted octanol–water partition coefficient (Wildman–Crippen LogP) is 4.82. The standard InChI is InChI=1S/C25H24F2N8O2/c1-14-10-15-23(27)19(11-16(26)24(15)28-14)37-25-30-20(13-22(31-25)35-7-5-34(2)6-8-35)29-21-12-17(32-33-21)18-4-3-9-36-18/h3-4,9-13,28H,5-8H2,1-2H3,(H2,29,30,31,32,33). The SMILES string of the molecule is Cc1cc2c(F)c(Oc3nc(Nc4cc(-c5ccco5)[nH]n4)cc(N4CCN(C)CC4)n3)cc(F)c2[nH]1. The molecule has 3 N–H and O–H groups in total. The van der Waals surface area contributed by atoms with Crippen LogP contribution >= 0.6 is 0 Å². The maximum absolute atomic E-state index is 15.2. The maximum atomic E-state index is 15.2. The minimum absolute atomic E-state index is 0.0858. The molecule has 12 heteroatoms. The van der Waals surface area contributed by atoms with Crippen molar-refractivity contribution >= 4 is 28.4 Å². The third kappa shape index (κ3) is 4.58. The topological polar surface area (TPSA) is 111 Å². The summed E-state index contributed by atoms with van der Waals surface area (Å²) in [5.74, 6) is 0.484. The summed E-state index contributed by atoms with van der Waals surface area (Å²) in [6.07, 6.45) is 1.58. The molecule has 0 amide bonds. The van der Waals surface area contributed by atoms with Gasteiger partial charge < -0.3 is 29.3 Å². The van der Waals surface area contributed by atoms with Crippen LogP contribution in [0.15, 0.2) is 47.1 Å². The van der Waals surface area contributed by atoms with Gasteiger partial charge in [-0.25, -0.2) is 8.78 Å². The van der Waals surface area contributed by atoms with Gasteiger partial charge in [0.2, 0.25) is 0 Å². The van der Waals surface area contributed by atoms with Crippen LogP contribution in [0.25, 0.3) is 22.4 Å². The number of halogens is 2. The van der Waals surface area contributed by atoms with E-state index < -0.39 is 11.6 Å². The highest BCUT2D eigenvalue weighted by atomic mass is 19.1. The van der Waals surface area contributed by atoms with Crippen molar-refractivity contribution in [1.82, 2.24) is 30.0 Å². The summed E-state index contributed by atoms with van der Waals surface area (Å²) in [5, 5.41) is 10.4.